The molecule has 45 heavy (non-hydrogen) atoms. The fraction of sp³-hybridized carbons (Fsp3) is 0.235. The minimum atomic E-state index is -0.802. The Kier molecular flexibility index (Phi) is 9.35. The smallest absolute Gasteiger partial charge is 0.338 e. The van der Waals surface area contributed by atoms with Gasteiger partial charge in [-0.15, -0.1) is 0 Å². The summed E-state index contributed by atoms with van der Waals surface area (Å²) in [5, 5.41) is 9.38. The lowest BCUT2D eigenvalue weighted by molar-refractivity contribution is -0.139. The number of benzene rings is 3. The van der Waals surface area contributed by atoms with Gasteiger partial charge in [0.25, 0.3) is 5.56 Å². The van der Waals surface area contributed by atoms with Gasteiger partial charge in [0.2, 0.25) is 0 Å². The van der Waals surface area contributed by atoms with E-state index in [9.17, 15) is 14.9 Å². The maximum absolute atomic E-state index is 14.0. The van der Waals surface area contributed by atoms with E-state index in [1.54, 1.807) is 62.4 Å². The van der Waals surface area contributed by atoms with E-state index in [-0.39, 0.29) is 24.3 Å². The van der Waals surface area contributed by atoms with Crippen molar-refractivity contribution in [1.29, 1.82) is 5.26 Å². The Morgan fingerprint density at radius 1 is 1.00 bits per heavy atom. The van der Waals surface area contributed by atoms with Crippen molar-refractivity contribution in [2.45, 2.75) is 26.5 Å². The van der Waals surface area contributed by atoms with Gasteiger partial charge in [0.05, 0.1) is 61.4 Å². The Bertz CT molecular complexity index is 2020. The highest BCUT2D eigenvalue weighted by Gasteiger charge is 2.34. The van der Waals surface area contributed by atoms with Crippen molar-refractivity contribution >= 4 is 23.4 Å². The third-order valence-corrected chi connectivity index (χ3v) is 8.23. The second-order valence-electron chi connectivity index (χ2n) is 9.88. The molecular formula is C34H31N3O7S. The number of rotatable bonds is 10. The van der Waals surface area contributed by atoms with Crippen LogP contribution in [0.3, 0.4) is 0 Å². The normalized spacial score (nSPS) is 14.2. The van der Waals surface area contributed by atoms with Crippen molar-refractivity contribution in [3.05, 3.63) is 114 Å². The van der Waals surface area contributed by atoms with E-state index < -0.39 is 12.0 Å². The number of methoxy groups -OCH3 is 3. The van der Waals surface area contributed by atoms with Crippen LogP contribution in [-0.4, -0.2) is 38.5 Å². The summed E-state index contributed by atoms with van der Waals surface area (Å²) in [5.74, 6) is 1.38. The Hall–Kier alpha value is -5.34. The first-order valence-corrected chi connectivity index (χ1v) is 14.9. The number of fused-ring (bicyclic) bond motifs is 1. The maximum Gasteiger partial charge on any atom is 0.338 e. The molecule has 0 spiro atoms. The molecule has 1 aliphatic rings. The summed E-state index contributed by atoms with van der Waals surface area (Å²) in [5.41, 5.74) is 3.04. The van der Waals surface area contributed by atoms with Crippen LogP contribution in [0.1, 0.15) is 42.1 Å². The zero-order chi connectivity index (χ0) is 32.1. The van der Waals surface area contributed by atoms with Crippen molar-refractivity contribution in [3.63, 3.8) is 0 Å². The molecule has 0 bridgehead atoms. The standard InChI is InChI=1S/C34H31N3O7S/c1-6-43-33(39)30-20(2)36-34-37(31(30)22-12-14-25(40-3)28(17-22)42-5)32(38)29(45-34)16-21-11-13-26(27(15-21)41-4)44-19-24-10-8-7-9-23(24)18-35/h7-17,31H,6,19H2,1-5H3/b29-16+/t31-/m0/s1. The molecule has 0 amide bonds. The topological polar surface area (TPSA) is 121 Å². The molecule has 4 aromatic rings. The molecule has 0 fully saturated rings. The van der Waals surface area contributed by atoms with Crippen molar-refractivity contribution in [2.75, 3.05) is 27.9 Å². The largest absolute Gasteiger partial charge is 0.493 e. The van der Waals surface area contributed by atoms with Gasteiger partial charge in [-0.3, -0.25) is 9.36 Å². The number of thiazole rings is 1. The van der Waals surface area contributed by atoms with Gasteiger partial charge in [-0.25, -0.2) is 9.79 Å². The van der Waals surface area contributed by atoms with Gasteiger partial charge in [0, 0.05) is 5.56 Å². The fourth-order valence-electron chi connectivity index (χ4n) is 5.09. The third kappa shape index (κ3) is 6.18. The van der Waals surface area contributed by atoms with Crippen LogP contribution in [0.2, 0.25) is 0 Å². The number of hydrogen-bond donors (Lipinski definition) is 0. The number of carbonyl (C=O) groups excluding carboxylic acids is 1. The van der Waals surface area contributed by atoms with Crippen LogP contribution in [0.15, 0.2) is 81.7 Å². The summed E-state index contributed by atoms with van der Waals surface area (Å²) in [4.78, 5) is 32.3. The third-order valence-electron chi connectivity index (χ3n) is 7.25. The summed E-state index contributed by atoms with van der Waals surface area (Å²) < 4.78 is 29.8. The van der Waals surface area contributed by atoms with E-state index >= 15 is 0 Å². The van der Waals surface area contributed by atoms with E-state index in [2.05, 4.69) is 11.1 Å². The molecule has 5 rings (SSSR count). The van der Waals surface area contributed by atoms with Gasteiger partial charge in [-0.1, -0.05) is 41.7 Å². The Balaban J connectivity index is 1.57. The lowest BCUT2D eigenvalue weighted by Crippen LogP contribution is -2.39. The van der Waals surface area contributed by atoms with Crippen LogP contribution in [-0.2, 0) is 16.1 Å². The van der Waals surface area contributed by atoms with Gasteiger partial charge >= 0.3 is 5.97 Å². The molecule has 11 heteroatoms. The molecule has 0 unspecified atom stereocenters. The minimum absolute atomic E-state index is 0.172. The van der Waals surface area contributed by atoms with Gasteiger partial charge in [-0.05, 0) is 61.4 Å². The minimum Gasteiger partial charge on any atom is -0.493 e. The molecule has 0 aliphatic carbocycles. The van der Waals surface area contributed by atoms with Gasteiger partial charge in [0.1, 0.15) is 6.61 Å². The lowest BCUT2D eigenvalue weighted by Gasteiger charge is -2.25. The quantitative estimate of drug-likeness (QED) is 0.240. The molecule has 1 atom stereocenters. The predicted molar refractivity (Wildman–Crippen MR) is 168 cm³/mol. The highest BCUT2D eigenvalue weighted by atomic mass is 32.1. The van der Waals surface area contributed by atoms with Crippen LogP contribution < -0.4 is 33.8 Å². The summed E-state index contributed by atoms with van der Waals surface area (Å²) in [6.45, 7) is 3.82. The number of hydrogen-bond acceptors (Lipinski definition) is 10. The predicted octanol–water partition coefficient (Wildman–Crippen LogP) is 4.27. The number of nitrogens with zero attached hydrogens (tertiary/aromatic N) is 3. The number of ether oxygens (including phenoxy) is 5. The summed E-state index contributed by atoms with van der Waals surface area (Å²) in [7, 11) is 4.60. The van der Waals surface area contributed by atoms with Crippen molar-refractivity contribution in [3.8, 4) is 29.1 Å². The zero-order valence-electron chi connectivity index (χ0n) is 25.5. The number of aromatic nitrogens is 1. The first-order valence-electron chi connectivity index (χ1n) is 14.0. The number of carbonyl (C=O) groups is 1. The summed E-state index contributed by atoms with van der Waals surface area (Å²) in [6, 6.07) is 19.2. The Labute approximate surface area is 263 Å². The van der Waals surface area contributed by atoms with Crippen LogP contribution >= 0.6 is 11.3 Å². The van der Waals surface area contributed by atoms with Crippen molar-refractivity contribution in [2.24, 2.45) is 4.99 Å². The van der Waals surface area contributed by atoms with Gasteiger partial charge in [0.15, 0.2) is 27.8 Å². The first-order chi connectivity index (χ1) is 21.8. The van der Waals surface area contributed by atoms with Gasteiger partial charge < -0.3 is 23.7 Å². The Morgan fingerprint density at radius 3 is 2.42 bits per heavy atom. The van der Waals surface area contributed by atoms with E-state index in [1.807, 2.05) is 18.2 Å². The number of nitriles is 1. The molecule has 0 radical (unpaired) electrons. The van der Waals surface area contributed by atoms with Crippen molar-refractivity contribution < 1.29 is 28.5 Å². The molecule has 10 nitrogen and oxygen atoms in total. The second kappa shape index (κ2) is 13.5. The van der Waals surface area contributed by atoms with E-state index in [1.165, 1.54) is 37.2 Å². The monoisotopic (exact) mass is 625 g/mol. The number of esters is 1. The molecule has 1 aromatic heterocycles. The van der Waals surface area contributed by atoms with Crippen LogP contribution in [0.4, 0.5) is 0 Å². The summed E-state index contributed by atoms with van der Waals surface area (Å²) in [6.07, 6.45) is 1.75. The van der Waals surface area contributed by atoms with E-state index in [4.69, 9.17) is 23.7 Å². The SMILES string of the molecule is CCOC(=O)C1=C(C)N=c2s/c(=C/c3ccc(OCc4ccccc4C#N)c(OC)c3)c(=O)n2[C@H]1c1ccc(OC)c(OC)c1. The van der Waals surface area contributed by atoms with Crippen molar-refractivity contribution in [1.82, 2.24) is 4.57 Å². The molecule has 1 aliphatic heterocycles. The molecule has 0 saturated heterocycles. The average molecular weight is 626 g/mol. The molecular weight excluding hydrogens is 594 g/mol. The highest BCUT2D eigenvalue weighted by molar-refractivity contribution is 7.07. The van der Waals surface area contributed by atoms with E-state index in [0.717, 1.165) is 5.56 Å². The van der Waals surface area contributed by atoms with E-state index in [0.29, 0.717) is 54.7 Å². The second-order valence-corrected chi connectivity index (χ2v) is 10.9. The van der Waals surface area contributed by atoms with Gasteiger partial charge in [-0.2, -0.15) is 5.26 Å². The first kappa shape index (κ1) is 31.1. The number of allylic oxidation sites excluding steroid dienone is 1. The molecule has 230 valence electrons. The fourth-order valence-corrected chi connectivity index (χ4v) is 6.13. The molecule has 2 heterocycles. The van der Waals surface area contributed by atoms with Crippen LogP contribution in [0.25, 0.3) is 6.08 Å². The lowest BCUT2D eigenvalue weighted by atomic mass is 9.95. The average Bonchev–Trinajstić information content (AvgIpc) is 3.36. The molecule has 0 N–H and O–H groups in total. The highest BCUT2D eigenvalue weighted by Crippen LogP contribution is 2.36. The molecule has 0 saturated carbocycles. The maximum atomic E-state index is 14.0. The summed E-state index contributed by atoms with van der Waals surface area (Å²) >= 11 is 1.22. The van der Waals surface area contributed by atoms with Crippen LogP contribution in [0.5, 0.6) is 23.0 Å². The molecule has 3 aromatic carbocycles. The zero-order valence-corrected chi connectivity index (χ0v) is 26.3. The Morgan fingerprint density at radius 2 is 1.71 bits per heavy atom. The van der Waals surface area contributed by atoms with Crippen LogP contribution in [0, 0.1) is 11.3 Å².